The molecule has 0 aliphatic rings. The Morgan fingerprint density at radius 1 is 1.04 bits per heavy atom. The van der Waals surface area contributed by atoms with E-state index < -0.39 is 5.97 Å². The Morgan fingerprint density at radius 2 is 1.85 bits per heavy atom. The fraction of sp³-hybridized carbons (Fsp3) is 0.0476. The van der Waals surface area contributed by atoms with Gasteiger partial charge in [-0.25, -0.2) is 9.78 Å². The molecule has 6 heteroatoms. The Labute approximate surface area is 164 Å². The van der Waals surface area contributed by atoms with Crippen LogP contribution in [0.1, 0.15) is 15.6 Å². The Morgan fingerprint density at radius 3 is 2.59 bits per heavy atom. The first-order chi connectivity index (χ1) is 13.3. The molecule has 3 heterocycles. The van der Waals surface area contributed by atoms with Gasteiger partial charge in [0.05, 0.1) is 11.8 Å². The smallest absolute Gasteiger partial charge is 0.340 e. The Hall–Kier alpha value is -2.96. The van der Waals surface area contributed by atoms with Gasteiger partial charge in [-0.2, -0.15) is 0 Å². The number of hydrogen-bond donors (Lipinski definition) is 0. The van der Waals surface area contributed by atoms with E-state index >= 15 is 0 Å². The molecule has 0 amide bonds. The van der Waals surface area contributed by atoms with E-state index in [9.17, 15) is 4.79 Å². The highest BCUT2D eigenvalue weighted by Gasteiger charge is 2.17. The van der Waals surface area contributed by atoms with E-state index in [2.05, 4.69) is 4.98 Å². The molecule has 0 unspecified atom stereocenters. The first kappa shape index (κ1) is 17.5. The van der Waals surface area contributed by atoms with Gasteiger partial charge in [-0.15, -0.1) is 22.7 Å². The maximum Gasteiger partial charge on any atom is 0.340 e. The molecule has 27 heavy (non-hydrogen) atoms. The lowest BCUT2D eigenvalue weighted by molar-refractivity contribution is -0.138. The van der Waals surface area contributed by atoms with Gasteiger partial charge in [0.2, 0.25) is 5.89 Å². The SMILES string of the molecule is O=C(OCc1ncc(-c2ccccc2)o1)/C(=C/c1cccs1)c1cccs1. The van der Waals surface area contributed by atoms with E-state index in [4.69, 9.17) is 9.15 Å². The van der Waals surface area contributed by atoms with E-state index in [0.29, 0.717) is 17.2 Å². The molecule has 0 bridgehead atoms. The van der Waals surface area contributed by atoms with E-state index in [0.717, 1.165) is 15.3 Å². The lowest BCUT2D eigenvalue weighted by atomic mass is 10.2. The average molecular weight is 393 g/mol. The normalized spacial score (nSPS) is 11.5. The quantitative estimate of drug-likeness (QED) is 0.309. The summed E-state index contributed by atoms with van der Waals surface area (Å²) in [6, 6.07) is 17.4. The summed E-state index contributed by atoms with van der Waals surface area (Å²) in [5, 5.41) is 3.91. The highest BCUT2D eigenvalue weighted by Crippen LogP contribution is 2.26. The summed E-state index contributed by atoms with van der Waals surface area (Å²) in [6.45, 7) is -0.0151. The largest absolute Gasteiger partial charge is 0.452 e. The van der Waals surface area contributed by atoms with Gasteiger partial charge in [-0.1, -0.05) is 42.5 Å². The number of carbonyl (C=O) groups is 1. The van der Waals surface area contributed by atoms with Crippen LogP contribution < -0.4 is 0 Å². The van der Waals surface area contributed by atoms with Crippen molar-refractivity contribution < 1.29 is 13.9 Å². The van der Waals surface area contributed by atoms with Crippen LogP contribution in [0.4, 0.5) is 0 Å². The number of thiophene rings is 2. The molecular weight excluding hydrogens is 378 g/mol. The summed E-state index contributed by atoms with van der Waals surface area (Å²) >= 11 is 3.07. The molecule has 4 aromatic rings. The zero-order chi connectivity index (χ0) is 18.5. The predicted molar refractivity (Wildman–Crippen MR) is 108 cm³/mol. The molecule has 0 fully saturated rings. The highest BCUT2D eigenvalue weighted by atomic mass is 32.1. The number of ether oxygens (including phenoxy) is 1. The number of aromatic nitrogens is 1. The molecule has 4 nitrogen and oxygen atoms in total. The third-order valence-electron chi connectivity index (χ3n) is 3.77. The second kappa shape index (κ2) is 8.16. The predicted octanol–water partition coefficient (Wildman–Crippen LogP) is 5.75. The van der Waals surface area contributed by atoms with Crippen LogP contribution in [0.2, 0.25) is 0 Å². The maximum absolute atomic E-state index is 12.7. The Balaban J connectivity index is 1.48. The molecule has 1 aromatic carbocycles. The van der Waals surface area contributed by atoms with Gasteiger partial charge in [-0.3, -0.25) is 0 Å². The van der Waals surface area contributed by atoms with Crippen molar-refractivity contribution >= 4 is 40.3 Å². The van der Waals surface area contributed by atoms with Crippen LogP contribution >= 0.6 is 22.7 Å². The zero-order valence-corrected chi connectivity index (χ0v) is 15.8. The van der Waals surface area contributed by atoms with Crippen LogP contribution in [0, 0.1) is 0 Å². The molecule has 0 spiro atoms. The summed E-state index contributed by atoms with van der Waals surface area (Å²) in [4.78, 5) is 18.7. The summed E-state index contributed by atoms with van der Waals surface area (Å²) in [6.07, 6.45) is 3.49. The summed E-state index contributed by atoms with van der Waals surface area (Å²) < 4.78 is 11.2. The van der Waals surface area contributed by atoms with Crippen molar-refractivity contribution in [2.24, 2.45) is 0 Å². The molecular formula is C21H15NO3S2. The second-order valence-electron chi connectivity index (χ2n) is 5.61. The topological polar surface area (TPSA) is 52.3 Å². The van der Waals surface area contributed by atoms with Crippen LogP contribution in [0.5, 0.6) is 0 Å². The average Bonchev–Trinajstić information content (AvgIpc) is 3.47. The monoisotopic (exact) mass is 393 g/mol. The molecule has 0 N–H and O–H groups in total. The van der Waals surface area contributed by atoms with Crippen LogP contribution in [0.15, 0.2) is 76.0 Å². The van der Waals surface area contributed by atoms with Crippen molar-refractivity contribution in [3.8, 4) is 11.3 Å². The fourth-order valence-corrected chi connectivity index (χ4v) is 3.88. The zero-order valence-electron chi connectivity index (χ0n) is 14.2. The first-order valence-corrected chi connectivity index (χ1v) is 10.0. The van der Waals surface area contributed by atoms with Gasteiger partial charge in [0, 0.05) is 15.3 Å². The van der Waals surface area contributed by atoms with Gasteiger partial charge >= 0.3 is 5.97 Å². The van der Waals surface area contributed by atoms with Gasteiger partial charge in [0.15, 0.2) is 12.4 Å². The molecule has 0 radical (unpaired) electrons. The molecule has 4 rings (SSSR count). The lowest BCUT2D eigenvalue weighted by Crippen LogP contribution is -2.06. The number of rotatable bonds is 6. The van der Waals surface area contributed by atoms with E-state index in [1.54, 1.807) is 17.5 Å². The van der Waals surface area contributed by atoms with Crippen LogP contribution in [-0.2, 0) is 16.1 Å². The van der Waals surface area contributed by atoms with E-state index in [-0.39, 0.29) is 6.61 Å². The molecule has 0 atom stereocenters. The second-order valence-corrected chi connectivity index (χ2v) is 7.54. The van der Waals surface area contributed by atoms with E-state index in [1.807, 2.05) is 71.4 Å². The Bertz CT molecular complexity index is 1030. The van der Waals surface area contributed by atoms with Crippen molar-refractivity contribution in [2.75, 3.05) is 0 Å². The van der Waals surface area contributed by atoms with Crippen molar-refractivity contribution in [1.82, 2.24) is 4.98 Å². The standard InChI is InChI=1S/C21H15NO3S2/c23-21(17(19-9-5-11-27-19)12-16-8-4-10-26-16)24-14-20-22-13-18(25-20)15-6-2-1-3-7-15/h1-13H,14H2/b17-12+. The van der Waals surface area contributed by atoms with Gasteiger partial charge in [0.1, 0.15) is 0 Å². The third kappa shape index (κ3) is 4.24. The molecule has 0 saturated heterocycles. The minimum Gasteiger partial charge on any atom is -0.452 e. The maximum atomic E-state index is 12.7. The van der Waals surface area contributed by atoms with Crippen molar-refractivity contribution in [3.05, 3.63) is 87.2 Å². The van der Waals surface area contributed by atoms with Gasteiger partial charge in [-0.05, 0) is 29.0 Å². The molecule has 0 saturated carbocycles. The number of esters is 1. The summed E-state index contributed by atoms with van der Waals surface area (Å²) in [5.41, 5.74) is 1.46. The van der Waals surface area contributed by atoms with E-state index in [1.165, 1.54) is 11.3 Å². The molecule has 134 valence electrons. The van der Waals surface area contributed by atoms with Crippen LogP contribution in [-0.4, -0.2) is 11.0 Å². The number of benzene rings is 1. The van der Waals surface area contributed by atoms with Gasteiger partial charge < -0.3 is 9.15 Å². The Kier molecular flexibility index (Phi) is 5.27. The lowest BCUT2D eigenvalue weighted by Gasteiger charge is -2.05. The number of nitrogens with zero attached hydrogens (tertiary/aromatic N) is 1. The minimum absolute atomic E-state index is 0.0151. The summed E-state index contributed by atoms with van der Waals surface area (Å²) in [7, 11) is 0. The highest BCUT2D eigenvalue weighted by molar-refractivity contribution is 7.12. The number of oxazole rings is 1. The van der Waals surface area contributed by atoms with Gasteiger partial charge in [0.25, 0.3) is 0 Å². The third-order valence-corrected chi connectivity index (χ3v) is 5.50. The molecule has 3 aromatic heterocycles. The minimum atomic E-state index is -0.398. The van der Waals surface area contributed by atoms with Crippen LogP contribution in [0.3, 0.4) is 0 Å². The van der Waals surface area contributed by atoms with Crippen molar-refractivity contribution in [3.63, 3.8) is 0 Å². The molecule has 0 aliphatic heterocycles. The fourth-order valence-electron chi connectivity index (χ4n) is 2.50. The number of hydrogen-bond acceptors (Lipinski definition) is 6. The van der Waals surface area contributed by atoms with Crippen molar-refractivity contribution in [2.45, 2.75) is 6.61 Å². The van der Waals surface area contributed by atoms with Crippen LogP contribution in [0.25, 0.3) is 23.0 Å². The molecule has 0 aliphatic carbocycles. The van der Waals surface area contributed by atoms with Crippen molar-refractivity contribution in [1.29, 1.82) is 0 Å². The number of carbonyl (C=O) groups excluding carboxylic acids is 1. The summed E-state index contributed by atoms with van der Waals surface area (Å²) in [5.74, 6) is 0.614. The first-order valence-electron chi connectivity index (χ1n) is 8.26.